The van der Waals surface area contributed by atoms with Gasteiger partial charge in [0.15, 0.2) is 11.6 Å². The molecule has 0 heterocycles. The van der Waals surface area contributed by atoms with Gasteiger partial charge in [0.25, 0.3) is 0 Å². The van der Waals surface area contributed by atoms with Gasteiger partial charge in [-0.25, -0.2) is 13.2 Å². The van der Waals surface area contributed by atoms with Gasteiger partial charge in [0.05, 0.1) is 0 Å². The van der Waals surface area contributed by atoms with E-state index in [2.05, 4.69) is 4.72 Å². The average molecular weight is 280 g/mol. The van der Waals surface area contributed by atoms with Crippen molar-refractivity contribution in [3.05, 3.63) is 35.1 Å². The topological polar surface area (TPSA) is 61.1 Å². The predicted molar refractivity (Wildman–Crippen MR) is 64.3 cm³/mol. The number of hydrogen-bond acceptors (Lipinski definition) is 3. The summed E-state index contributed by atoms with van der Waals surface area (Å²) >= 11 is -1.55. The van der Waals surface area contributed by atoms with Gasteiger partial charge in [-0.2, -0.15) is 0 Å². The summed E-state index contributed by atoms with van der Waals surface area (Å²) in [6, 6.07) is 1.06. The second-order valence-corrected chi connectivity index (χ2v) is 6.76. The molecule has 1 rings (SSSR count). The van der Waals surface area contributed by atoms with Crippen LogP contribution in [0.4, 0.5) is 13.2 Å². The summed E-state index contributed by atoms with van der Waals surface area (Å²) in [5.41, 5.74) is 5.31. The predicted octanol–water partition coefficient (Wildman–Crippen LogP) is 2.11. The maximum absolute atomic E-state index is 13.4. The number of rotatable bonds is 3. The summed E-state index contributed by atoms with van der Waals surface area (Å²) in [6.07, 6.45) is -1.18. The monoisotopic (exact) mass is 280 g/mol. The molecule has 0 aliphatic carbocycles. The zero-order valence-corrected chi connectivity index (χ0v) is 11.1. The highest BCUT2D eigenvalue weighted by atomic mass is 32.2. The van der Waals surface area contributed by atoms with Gasteiger partial charge < -0.3 is 10.3 Å². The third-order valence-corrected chi connectivity index (χ3v) is 3.75. The first kappa shape index (κ1) is 15.3. The van der Waals surface area contributed by atoms with Crippen LogP contribution in [-0.4, -0.2) is 9.30 Å². The molecule has 0 aliphatic rings. The van der Waals surface area contributed by atoms with E-state index in [0.717, 1.165) is 0 Å². The van der Waals surface area contributed by atoms with Crippen LogP contribution in [0.15, 0.2) is 12.1 Å². The summed E-state index contributed by atoms with van der Waals surface area (Å²) in [5.74, 6) is -3.48. The SMILES string of the molecule is CC(C)(C)[S@@+]([O-])N[C@@H](N)c1cc(F)c(F)cc1F. The molecule has 1 aromatic rings. The van der Waals surface area contributed by atoms with E-state index in [0.29, 0.717) is 12.1 Å². The molecule has 0 radical (unpaired) electrons. The van der Waals surface area contributed by atoms with Crippen molar-refractivity contribution >= 4 is 11.4 Å². The van der Waals surface area contributed by atoms with Crippen LogP contribution in [0.1, 0.15) is 32.5 Å². The lowest BCUT2D eigenvalue weighted by Crippen LogP contribution is -2.44. The Balaban J connectivity index is 2.91. The van der Waals surface area contributed by atoms with E-state index in [1.54, 1.807) is 20.8 Å². The van der Waals surface area contributed by atoms with E-state index < -0.39 is 39.7 Å². The highest BCUT2D eigenvalue weighted by molar-refractivity contribution is 7.90. The highest BCUT2D eigenvalue weighted by Crippen LogP contribution is 2.21. The third-order valence-electron chi connectivity index (χ3n) is 2.16. The molecule has 0 aliphatic heterocycles. The van der Waals surface area contributed by atoms with Crippen LogP contribution in [0.5, 0.6) is 0 Å². The van der Waals surface area contributed by atoms with Gasteiger partial charge in [0.1, 0.15) is 16.7 Å². The van der Waals surface area contributed by atoms with Gasteiger partial charge in [0, 0.05) is 23.0 Å². The van der Waals surface area contributed by atoms with Crippen molar-refractivity contribution in [2.45, 2.75) is 31.7 Å². The molecular weight excluding hydrogens is 265 g/mol. The molecule has 0 saturated heterocycles. The van der Waals surface area contributed by atoms with Crippen molar-refractivity contribution in [3.63, 3.8) is 0 Å². The van der Waals surface area contributed by atoms with Crippen molar-refractivity contribution in [2.75, 3.05) is 0 Å². The highest BCUT2D eigenvalue weighted by Gasteiger charge is 2.29. The van der Waals surface area contributed by atoms with Gasteiger partial charge >= 0.3 is 0 Å². The Morgan fingerprint density at radius 3 is 2.17 bits per heavy atom. The summed E-state index contributed by atoms with van der Waals surface area (Å²) in [4.78, 5) is 0. The maximum Gasteiger partial charge on any atom is 0.161 e. The first-order chi connectivity index (χ1) is 8.12. The van der Waals surface area contributed by atoms with E-state index in [9.17, 15) is 17.7 Å². The zero-order chi connectivity index (χ0) is 14.1. The van der Waals surface area contributed by atoms with E-state index >= 15 is 0 Å². The van der Waals surface area contributed by atoms with Crippen molar-refractivity contribution in [3.8, 4) is 0 Å². The number of nitrogens with two attached hydrogens (primary N) is 1. The Morgan fingerprint density at radius 1 is 1.17 bits per heavy atom. The Morgan fingerprint density at radius 2 is 1.67 bits per heavy atom. The molecule has 0 fully saturated rings. The molecule has 2 atom stereocenters. The lowest BCUT2D eigenvalue weighted by Gasteiger charge is -2.26. The Kier molecular flexibility index (Phi) is 4.66. The van der Waals surface area contributed by atoms with Crippen molar-refractivity contribution in [2.24, 2.45) is 5.73 Å². The first-order valence-electron chi connectivity index (χ1n) is 5.21. The number of hydrogen-bond donors (Lipinski definition) is 2. The summed E-state index contributed by atoms with van der Waals surface area (Å²) in [6.45, 7) is 5.10. The molecule has 0 unspecified atom stereocenters. The molecule has 3 nitrogen and oxygen atoms in total. The van der Waals surface area contributed by atoms with Crippen LogP contribution in [0.25, 0.3) is 0 Å². The van der Waals surface area contributed by atoms with Crippen LogP contribution in [0, 0.1) is 17.5 Å². The standard InChI is InChI=1S/C11H15F3N2OS/c1-11(2,3)18(17)16-10(15)6-4-8(13)9(14)5-7(6)12/h4-5,10,16H,15H2,1-3H3/t10-,18-/m1/s1. The van der Waals surface area contributed by atoms with Crippen LogP contribution >= 0.6 is 0 Å². The minimum atomic E-state index is -1.55. The van der Waals surface area contributed by atoms with Crippen molar-refractivity contribution in [1.82, 2.24) is 4.72 Å². The fraction of sp³-hybridized carbons (Fsp3) is 0.455. The Hall–Kier alpha value is -0.760. The maximum atomic E-state index is 13.4. The Labute approximate surface area is 107 Å². The molecule has 0 spiro atoms. The number of benzene rings is 1. The van der Waals surface area contributed by atoms with Crippen LogP contribution in [0.2, 0.25) is 0 Å². The fourth-order valence-electron chi connectivity index (χ4n) is 1.13. The van der Waals surface area contributed by atoms with E-state index in [1.165, 1.54) is 0 Å². The molecule has 0 saturated carbocycles. The summed E-state index contributed by atoms with van der Waals surface area (Å²) in [7, 11) is 0. The summed E-state index contributed by atoms with van der Waals surface area (Å²) in [5, 5.41) is 0. The molecular formula is C11H15F3N2OS. The minimum absolute atomic E-state index is 0.272. The van der Waals surface area contributed by atoms with Crippen molar-refractivity contribution < 1.29 is 17.7 Å². The van der Waals surface area contributed by atoms with E-state index in [1.807, 2.05) is 0 Å². The molecule has 3 N–H and O–H groups in total. The van der Waals surface area contributed by atoms with Crippen LogP contribution in [0.3, 0.4) is 0 Å². The zero-order valence-electron chi connectivity index (χ0n) is 10.3. The fourth-order valence-corrected chi connectivity index (χ4v) is 1.84. The Bertz CT molecular complexity index is 437. The molecule has 0 bridgehead atoms. The second-order valence-electron chi connectivity index (χ2n) is 4.76. The van der Waals surface area contributed by atoms with E-state index in [-0.39, 0.29) is 5.56 Å². The number of halogens is 3. The molecule has 1 aromatic carbocycles. The molecule has 0 amide bonds. The largest absolute Gasteiger partial charge is 0.598 e. The van der Waals surface area contributed by atoms with Gasteiger partial charge in [0.2, 0.25) is 0 Å². The quantitative estimate of drug-likeness (QED) is 0.506. The molecule has 7 heteroatoms. The lowest BCUT2D eigenvalue weighted by molar-refractivity contribution is 0.478. The molecule has 18 heavy (non-hydrogen) atoms. The third kappa shape index (κ3) is 3.61. The van der Waals surface area contributed by atoms with Gasteiger partial charge in [-0.05, 0) is 26.8 Å². The van der Waals surface area contributed by atoms with E-state index in [4.69, 9.17) is 5.73 Å². The molecule has 102 valence electrons. The van der Waals surface area contributed by atoms with Gasteiger partial charge in [-0.1, -0.05) is 0 Å². The lowest BCUT2D eigenvalue weighted by atomic mass is 10.1. The average Bonchev–Trinajstić information content (AvgIpc) is 2.21. The van der Waals surface area contributed by atoms with Crippen LogP contribution < -0.4 is 10.5 Å². The molecule has 0 aromatic heterocycles. The van der Waals surface area contributed by atoms with Gasteiger partial charge in [-0.3, -0.25) is 0 Å². The second kappa shape index (κ2) is 5.48. The van der Waals surface area contributed by atoms with Crippen molar-refractivity contribution in [1.29, 1.82) is 0 Å². The minimum Gasteiger partial charge on any atom is -0.598 e. The smallest absolute Gasteiger partial charge is 0.161 e. The first-order valence-corrected chi connectivity index (χ1v) is 6.36. The van der Waals surface area contributed by atoms with Gasteiger partial charge in [-0.15, -0.1) is 4.72 Å². The normalized spacial score (nSPS) is 15.6. The number of nitrogens with one attached hydrogen (secondary N) is 1. The van der Waals surface area contributed by atoms with Crippen LogP contribution in [-0.2, 0) is 11.4 Å². The summed E-state index contributed by atoms with van der Waals surface area (Å²) < 4.78 is 52.7.